The smallest absolute Gasteiger partial charge is 0.381 e. The molecule has 234 valence electrons. The van der Waals surface area contributed by atoms with Crippen LogP contribution in [0.25, 0.3) is 0 Å². The summed E-state index contributed by atoms with van der Waals surface area (Å²) >= 11 is 1.39. The monoisotopic (exact) mass is 628 g/mol. The number of nitrogens with zero attached hydrogens (tertiary/aromatic N) is 1. The van der Waals surface area contributed by atoms with Gasteiger partial charge in [-0.05, 0) is 62.1 Å². The first-order valence-corrected chi connectivity index (χ1v) is 15.0. The summed E-state index contributed by atoms with van der Waals surface area (Å²) in [6.07, 6.45) is -6.32. The molecule has 4 amide bonds. The van der Waals surface area contributed by atoms with Crippen molar-refractivity contribution in [2.75, 3.05) is 11.2 Å². The molecule has 1 heterocycles. The van der Waals surface area contributed by atoms with Crippen molar-refractivity contribution in [1.82, 2.24) is 15.5 Å². The lowest BCUT2D eigenvalue weighted by molar-refractivity contribution is -0.147. The molecule has 12 heteroatoms. The van der Waals surface area contributed by atoms with E-state index in [-0.39, 0.29) is 30.4 Å². The predicted octanol–water partition coefficient (Wildman–Crippen LogP) is 5.10. The van der Waals surface area contributed by atoms with Gasteiger partial charge < -0.3 is 26.0 Å². The van der Waals surface area contributed by atoms with E-state index >= 15 is 0 Å². The maximum absolute atomic E-state index is 13.8. The quantitative estimate of drug-likeness (QED) is 0.264. The summed E-state index contributed by atoms with van der Waals surface area (Å²) in [5.41, 5.74) is 1.59. The van der Waals surface area contributed by atoms with E-state index in [0.29, 0.717) is 5.56 Å². The molecule has 1 fully saturated rings. The number of thioether (sulfide) groups is 1. The normalized spacial score (nSPS) is 17.4. The molecule has 1 saturated heterocycles. The summed E-state index contributed by atoms with van der Waals surface area (Å²) < 4.78 is 38.8. The highest BCUT2D eigenvalue weighted by Gasteiger charge is 2.49. The van der Waals surface area contributed by atoms with E-state index in [4.69, 9.17) is 0 Å². The molecule has 0 saturated carbocycles. The third-order valence-electron chi connectivity index (χ3n) is 7.49. The Morgan fingerprint density at radius 3 is 2.39 bits per heavy atom. The number of aliphatic hydroxyl groups excluding tert-OH is 1. The number of rotatable bonds is 9. The van der Waals surface area contributed by atoms with Crippen LogP contribution in [0.1, 0.15) is 36.1 Å². The lowest BCUT2D eigenvalue weighted by atomic mass is 9.97. The van der Waals surface area contributed by atoms with Gasteiger partial charge in [0.1, 0.15) is 6.04 Å². The maximum Gasteiger partial charge on any atom is 0.416 e. The predicted molar refractivity (Wildman–Crippen MR) is 164 cm³/mol. The van der Waals surface area contributed by atoms with Gasteiger partial charge >= 0.3 is 12.2 Å². The second-order valence-corrected chi connectivity index (χ2v) is 12.7. The minimum atomic E-state index is -4.60. The zero-order chi connectivity index (χ0) is 32.1. The number of carbonyl (C=O) groups is 3. The Kier molecular flexibility index (Phi) is 10.3. The highest BCUT2D eigenvalue weighted by atomic mass is 32.2. The Labute approximate surface area is 258 Å². The number of benzene rings is 3. The first kappa shape index (κ1) is 32.9. The van der Waals surface area contributed by atoms with Crippen molar-refractivity contribution >= 4 is 35.3 Å². The molecule has 0 unspecified atom stereocenters. The van der Waals surface area contributed by atoms with Gasteiger partial charge in [-0.25, -0.2) is 4.79 Å². The van der Waals surface area contributed by atoms with Crippen LogP contribution in [0.3, 0.4) is 0 Å². The van der Waals surface area contributed by atoms with Crippen molar-refractivity contribution in [3.63, 3.8) is 0 Å². The molecule has 0 bridgehead atoms. The number of halogens is 3. The number of alkyl halides is 3. The third-order valence-corrected chi connectivity index (χ3v) is 8.86. The Balaban J connectivity index is 1.52. The first-order chi connectivity index (χ1) is 20.8. The number of anilines is 1. The number of aliphatic hydroxyl groups is 1. The van der Waals surface area contributed by atoms with Crippen LogP contribution < -0.4 is 16.0 Å². The fourth-order valence-electron chi connectivity index (χ4n) is 5.06. The number of aryl methyl sites for hydroxylation is 1. The first-order valence-electron chi connectivity index (χ1n) is 14.0. The maximum atomic E-state index is 13.8. The molecule has 4 N–H and O–H groups in total. The van der Waals surface area contributed by atoms with Gasteiger partial charge in [0.2, 0.25) is 5.91 Å². The number of amides is 4. The van der Waals surface area contributed by atoms with Gasteiger partial charge in [0.15, 0.2) is 6.10 Å². The van der Waals surface area contributed by atoms with E-state index in [9.17, 15) is 32.7 Å². The Morgan fingerprint density at radius 1 is 1.02 bits per heavy atom. The second kappa shape index (κ2) is 13.7. The zero-order valence-corrected chi connectivity index (χ0v) is 25.3. The number of hydrogen-bond acceptors (Lipinski definition) is 5. The molecule has 4 rings (SSSR count). The van der Waals surface area contributed by atoms with E-state index in [1.807, 2.05) is 45.0 Å². The molecule has 0 aromatic heterocycles. The molecule has 0 spiro atoms. The zero-order valence-electron chi connectivity index (χ0n) is 24.5. The van der Waals surface area contributed by atoms with E-state index < -0.39 is 46.6 Å². The summed E-state index contributed by atoms with van der Waals surface area (Å²) in [7, 11) is 0. The summed E-state index contributed by atoms with van der Waals surface area (Å²) in [6.45, 7) is 5.89. The van der Waals surface area contributed by atoms with Crippen LogP contribution in [-0.4, -0.2) is 56.7 Å². The van der Waals surface area contributed by atoms with Crippen LogP contribution in [0.5, 0.6) is 0 Å². The second-order valence-electron chi connectivity index (χ2n) is 11.1. The molecule has 8 nitrogen and oxygen atoms in total. The summed E-state index contributed by atoms with van der Waals surface area (Å²) in [4.78, 5) is 41.5. The molecule has 0 aliphatic carbocycles. The molecule has 3 aromatic carbocycles. The van der Waals surface area contributed by atoms with Crippen LogP contribution in [0, 0.1) is 6.92 Å². The van der Waals surface area contributed by atoms with Crippen molar-refractivity contribution in [2.24, 2.45) is 0 Å². The van der Waals surface area contributed by atoms with Crippen molar-refractivity contribution in [2.45, 2.75) is 62.8 Å². The molecule has 0 radical (unpaired) electrons. The molecule has 1 aliphatic rings. The van der Waals surface area contributed by atoms with E-state index in [0.717, 1.165) is 29.3 Å². The van der Waals surface area contributed by atoms with Gasteiger partial charge in [0.25, 0.3) is 5.91 Å². The third kappa shape index (κ3) is 8.11. The van der Waals surface area contributed by atoms with Gasteiger partial charge in [0.05, 0.1) is 17.5 Å². The van der Waals surface area contributed by atoms with Crippen LogP contribution in [0.15, 0.2) is 78.9 Å². The van der Waals surface area contributed by atoms with Gasteiger partial charge in [-0.1, -0.05) is 60.7 Å². The highest BCUT2D eigenvalue weighted by molar-refractivity contribution is 8.00. The fourth-order valence-corrected chi connectivity index (χ4v) is 6.20. The number of nitrogens with one attached hydrogen (secondary N) is 3. The van der Waals surface area contributed by atoms with Crippen molar-refractivity contribution in [3.05, 3.63) is 101 Å². The number of hydrogen-bond donors (Lipinski definition) is 4. The molecular weight excluding hydrogens is 593 g/mol. The van der Waals surface area contributed by atoms with Crippen LogP contribution in [-0.2, 0) is 28.7 Å². The Hall–Kier alpha value is -4.03. The Bertz CT molecular complexity index is 1490. The molecule has 3 aromatic rings. The van der Waals surface area contributed by atoms with Gasteiger partial charge in [-0.3, -0.25) is 9.59 Å². The SMILES string of the molecule is Cc1ccccc1CNC(=O)[C@H]1N(C(=O)[C@@H](O)[C@H](Cc2ccccc2)NC(=O)Nc2cccc(C(F)(F)F)c2)CSC1(C)C. The number of urea groups is 1. The summed E-state index contributed by atoms with van der Waals surface area (Å²) in [5, 5.41) is 19.2. The van der Waals surface area contributed by atoms with Crippen LogP contribution in [0.4, 0.5) is 23.7 Å². The number of carbonyl (C=O) groups excluding carboxylic acids is 3. The van der Waals surface area contributed by atoms with Gasteiger partial charge in [-0.2, -0.15) is 13.2 Å². The van der Waals surface area contributed by atoms with E-state index in [2.05, 4.69) is 16.0 Å². The van der Waals surface area contributed by atoms with Crippen molar-refractivity contribution in [3.8, 4) is 0 Å². The minimum Gasteiger partial charge on any atom is -0.381 e. The van der Waals surface area contributed by atoms with Crippen molar-refractivity contribution in [1.29, 1.82) is 0 Å². The average molecular weight is 629 g/mol. The molecule has 44 heavy (non-hydrogen) atoms. The molecule has 1 aliphatic heterocycles. The Morgan fingerprint density at radius 2 is 1.70 bits per heavy atom. The van der Waals surface area contributed by atoms with Gasteiger partial charge in [0, 0.05) is 17.0 Å². The topological polar surface area (TPSA) is 111 Å². The van der Waals surface area contributed by atoms with E-state index in [1.54, 1.807) is 30.3 Å². The largest absolute Gasteiger partial charge is 0.416 e. The van der Waals surface area contributed by atoms with Crippen molar-refractivity contribution < 1.29 is 32.7 Å². The minimum absolute atomic E-state index is 0.0400. The summed E-state index contributed by atoms with van der Waals surface area (Å²) in [5.74, 6) is -0.988. The molecule has 3 atom stereocenters. The standard InChI is InChI=1S/C32H35F3N4O4S/c1-20-10-7-8-13-22(20)18-36-28(41)27-31(2,3)44-19-39(27)29(42)26(40)25(16-21-11-5-4-6-12-21)38-30(43)37-24-15-9-14-23(17-24)32(33,34)35/h4-15,17,25-27,40H,16,18-19H2,1-3H3,(H,36,41)(H2,37,38,43)/t25-,26-,27+/m0/s1. The van der Waals surface area contributed by atoms with Gasteiger partial charge in [-0.15, -0.1) is 11.8 Å². The fraction of sp³-hybridized carbons (Fsp3) is 0.344. The lowest BCUT2D eigenvalue weighted by Crippen LogP contribution is -2.59. The highest BCUT2D eigenvalue weighted by Crippen LogP contribution is 2.40. The molecular formula is C32H35F3N4O4S. The lowest BCUT2D eigenvalue weighted by Gasteiger charge is -2.33. The summed E-state index contributed by atoms with van der Waals surface area (Å²) in [6, 6.07) is 17.6. The van der Waals surface area contributed by atoms with Crippen LogP contribution >= 0.6 is 11.8 Å². The average Bonchev–Trinajstić information content (AvgIpc) is 3.30. The van der Waals surface area contributed by atoms with E-state index in [1.165, 1.54) is 22.7 Å². The van der Waals surface area contributed by atoms with Crippen LogP contribution in [0.2, 0.25) is 0 Å².